The molecule has 1 N–H and O–H groups in total. The van der Waals surface area contributed by atoms with Gasteiger partial charge < -0.3 is 19.7 Å². The second kappa shape index (κ2) is 8.97. The van der Waals surface area contributed by atoms with Crippen LogP contribution < -0.4 is 14.8 Å². The Morgan fingerprint density at radius 2 is 1.88 bits per heavy atom. The van der Waals surface area contributed by atoms with Gasteiger partial charge >= 0.3 is 0 Å². The van der Waals surface area contributed by atoms with Crippen molar-refractivity contribution in [3.63, 3.8) is 0 Å². The summed E-state index contributed by atoms with van der Waals surface area (Å²) < 4.78 is 10.6. The van der Waals surface area contributed by atoms with Gasteiger partial charge in [0.1, 0.15) is 0 Å². The molecule has 1 aromatic carbocycles. The minimum Gasteiger partial charge on any atom is -0.493 e. The number of piperidine rings is 1. The molecule has 140 valence electrons. The van der Waals surface area contributed by atoms with Gasteiger partial charge in [-0.25, -0.2) is 0 Å². The van der Waals surface area contributed by atoms with Crippen molar-refractivity contribution in [2.24, 2.45) is 5.92 Å². The van der Waals surface area contributed by atoms with E-state index in [9.17, 15) is 4.79 Å². The molecule has 0 unspecified atom stereocenters. The first-order valence-corrected chi connectivity index (χ1v) is 8.92. The number of rotatable bonds is 6. The molecule has 0 atom stereocenters. The number of carbonyl (C=O) groups excluding carboxylic acids is 1. The Bertz CT molecular complexity index is 600. The number of nitrogens with one attached hydrogen (secondary N) is 1. The van der Waals surface area contributed by atoms with Crippen molar-refractivity contribution in [3.8, 4) is 11.5 Å². The normalized spacial score (nSPS) is 17.8. The number of benzene rings is 1. The number of likely N-dealkylation sites (tertiary alicyclic amines) is 1. The lowest BCUT2D eigenvalue weighted by Crippen LogP contribution is -2.45. The van der Waals surface area contributed by atoms with E-state index >= 15 is 0 Å². The SMILES string of the molecule is COc1cc(CNC2CCN(C(=O)C3CC3)CC2)cc(Cl)c1OC.Cl. The van der Waals surface area contributed by atoms with Crippen molar-refractivity contribution >= 4 is 29.9 Å². The highest BCUT2D eigenvalue weighted by Crippen LogP contribution is 2.36. The molecule has 3 rings (SSSR count). The molecule has 0 aromatic heterocycles. The minimum absolute atomic E-state index is 0. The monoisotopic (exact) mass is 388 g/mol. The van der Waals surface area contributed by atoms with Crippen molar-refractivity contribution in [1.82, 2.24) is 10.2 Å². The van der Waals surface area contributed by atoms with Gasteiger partial charge in [-0.15, -0.1) is 12.4 Å². The van der Waals surface area contributed by atoms with Gasteiger partial charge in [-0.05, 0) is 43.4 Å². The van der Waals surface area contributed by atoms with Crippen LogP contribution in [-0.2, 0) is 11.3 Å². The summed E-state index contributed by atoms with van der Waals surface area (Å²) in [5.74, 6) is 1.89. The molecule has 1 heterocycles. The summed E-state index contributed by atoms with van der Waals surface area (Å²) in [7, 11) is 3.19. The van der Waals surface area contributed by atoms with Crippen molar-refractivity contribution in [3.05, 3.63) is 22.7 Å². The summed E-state index contributed by atoms with van der Waals surface area (Å²) >= 11 is 6.25. The summed E-state index contributed by atoms with van der Waals surface area (Å²) in [6.45, 7) is 2.45. The molecule has 1 amide bonds. The van der Waals surface area contributed by atoms with Gasteiger partial charge in [0.25, 0.3) is 0 Å². The van der Waals surface area contributed by atoms with Crippen LogP contribution in [0.1, 0.15) is 31.2 Å². The quantitative estimate of drug-likeness (QED) is 0.812. The highest BCUT2D eigenvalue weighted by Gasteiger charge is 2.34. The maximum atomic E-state index is 12.1. The number of hydrogen-bond acceptors (Lipinski definition) is 4. The van der Waals surface area contributed by atoms with Gasteiger partial charge in [0.2, 0.25) is 5.91 Å². The van der Waals surface area contributed by atoms with E-state index in [1.165, 1.54) is 0 Å². The lowest BCUT2D eigenvalue weighted by molar-refractivity contribution is -0.133. The Hall–Kier alpha value is -1.17. The zero-order chi connectivity index (χ0) is 17.1. The van der Waals surface area contributed by atoms with Crippen LogP contribution in [0.5, 0.6) is 11.5 Å². The summed E-state index contributed by atoms with van der Waals surface area (Å²) in [6, 6.07) is 4.28. The molecule has 25 heavy (non-hydrogen) atoms. The van der Waals surface area contributed by atoms with Crippen LogP contribution >= 0.6 is 24.0 Å². The lowest BCUT2D eigenvalue weighted by atomic mass is 10.0. The Balaban J connectivity index is 0.00000225. The summed E-state index contributed by atoms with van der Waals surface area (Å²) in [5, 5.41) is 4.12. The zero-order valence-corrected chi connectivity index (χ0v) is 16.3. The first kappa shape index (κ1) is 20.1. The fourth-order valence-corrected chi connectivity index (χ4v) is 3.54. The van der Waals surface area contributed by atoms with Crippen LogP contribution in [0.3, 0.4) is 0 Å². The van der Waals surface area contributed by atoms with E-state index < -0.39 is 0 Å². The Kier molecular flexibility index (Phi) is 7.23. The largest absolute Gasteiger partial charge is 0.493 e. The van der Waals surface area contributed by atoms with Gasteiger partial charge in [-0.1, -0.05) is 11.6 Å². The van der Waals surface area contributed by atoms with E-state index in [0.29, 0.717) is 34.4 Å². The first-order valence-electron chi connectivity index (χ1n) is 8.55. The van der Waals surface area contributed by atoms with Crippen molar-refractivity contribution in [2.45, 2.75) is 38.3 Å². The Morgan fingerprint density at radius 3 is 2.44 bits per heavy atom. The summed E-state index contributed by atoms with van der Waals surface area (Å²) in [5.41, 5.74) is 1.06. The topological polar surface area (TPSA) is 50.8 Å². The van der Waals surface area contributed by atoms with Gasteiger partial charge in [0, 0.05) is 31.6 Å². The number of methoxy groups -OCH3 is 2. The van der Waals surface area contributed by atoms with E-state index in [0.717, 1.165) is 50.9 Å². The predicted molar refractivity (Wildman–Crippen MR) is 101 cm³/mol. The number of hydrogen-bond donors (Lipinski definition) is 1. The van der Waals surface area contributed by atoms with Crippen LogP contribution in [0.15, 0.2) is 12.1 Å². The highest BCUT2D eigenvalue weighted by molar-refractivity contribution is 6.32. The number of carbonyl (C=O) groups is 1. The fourth-order valence-electron chi connectivity index (χ4n) is 3.23. The van der Waals surface area contributed by atoms with Crippen LogP contribution in [0.4, 0.5) is 0 Å². The molecule has 7 heteroatoms. The third-order valence-corrected chi connectivity index (χ3v) is 5.10. The molecule has 0 bridgehead atoms. The van der Waals surface area contributed by atoms with Crippen LogP contribution in [-0.4, -0.2) is 44.2 Å². The molecule has 1 aromatic rings. The minimum atomic E-state index is 0. The van der Waals surface area contributed by atoms with E-state index in [1.807, 2.05) is 17.0 Å². The van der Waals surface area contributed by atoms with Crippen molar-refractivity contribution in [1.29, 1.82) is 0 Å². The van der Waals surface area contributed by atoms with Gasteiger partial charge in [0.05, 0.1) is 19.2 Å². The molecule has 2 aliphatic rings. The standard InChI is InChI=1S/C18H25ClN2O3.ClH/c1-23-16-10-12(9-15(19)17(16)24-2)11-20-14-5-7-21(8-6-14)18(22)13-3-4-13;/h9-10,13-14,20H,3-8,11H2,1-2H3;1H. The third-order valence-electron chi connectivity index (χ3n) is 4.82. The van der Waals surface area contributed by atoms with Crippen LogP contribution in [0, 0.1) is 5.92 Å². The second-order valence-electron chi connectivity index (χ2n) is 6.57. The number of amides is 1. The first-order chi connectivity index (χ1) is 11.6. The van der Waals surface area contributed by atoms with E-state index in [4.69, 9.17) is 21.1 Å². The molecule has 1 saturated heterocycles. The maximum Gasteiger partial charge on any atom is 0.225 e. The zero-order valence-electron chi connectivity index (χ0n) is 14.7. The van der Waals surface area contributed by atoms with Crippen molar-refractivity contribution < 1.29 is 14.3 Å². The highest BCUT2D eigenvalue weighted by atomic mass is 35.5. The molecule has 1 aliphatic heterocycles. The molecular weight excluding hydrogens is 363 g/mol. The number of nitrogens with zero attached hydrogens (tertiary/aromatic N) is 1. The fraction of sp³-hybridized carbons (Fsp3) is 0.611. The van der Waals surface area contributed by atoms with Crippen LogP contribution in [0.2, 0.25) is 5.02 Å². The summed E-state index contributed by atoms with van der Waals surface area (Å²) in [6.07, 6.45) is 4.16. The Labute approximate surface area is 160 Å². The lowest BCUT2D eigenvalue weighted by Gasteiger charge is -2.32. The predicted octanol–water partition coefficient (Wildman–Crippen LogP) is 3.27. The molecule has 1 aliphatic carbocycles. The second-order valence-corrected chi connectivity index (χ2v) is 6.98. The smallest absolute Gasteiger partial charge is 0.225 e. The van der Waals surface area contributed by atoms with Crippen molar-refractivity contribution in [2.75, 3.05) is 27.3 Å². The number of halogens is 2. The Morgan fingerprint density at radius 1 is 1.20 bits per heavy atom. The van der Waals surface area contributed by atoms with E-state index in [1.54, 1.807) is 14.2 Å². The number of ether oxygens (including phenoxy) is 2. The van der Waals surface area contributed by atoms with Gasteiger partial charge in [-0.2, -0.15) is 0 Å². The summed E-state index contributed by atoms with van der Waals surface area (Å²) in [4.78, 5) is 14.1. The van der Waals surface area contributed by atoms with E-state index in [2.05, 4.69) is 5.32 Å². The average molecular weight is 389 g/mol. The molecule has 1 saturated carbocycles. The average Bonchev–Trinajstić information content (AvgIpc) is 3.44. The van der Waals surface area contributed by atoms with Crippen LogP contribution in [0.25, 0.3) is 0 Å². The molecule has 2 fully saturated rings. The molecule has 0 radical (unpaired) electrons. The van der Waals surface area contributed by atoms with E-state index in [-0.39, 0.29) is 12.4 Å². The molecular formula is C18H26Cl2N2O3. The molecule has 5 nitrogen and oxygen atoms in total. The van der Waals surface area contributed by atoms with Gasteiger partial charge in [0.15, 0.2) is 11.5 Å². The molecule has 0 spiro atoms. The third kappa shape index (κ3) is 4.93. The van der Waals surface area contributed by atoms with Gasteiger partial charge in [-0.3, -0.25) is 4.79 Å². The maximum absolute atomic E-state index is 12.1.